The van der Waals surface area contributed by atoms with Crippen LogP contribution in [0.25, 0.3) is 0 Å². The summed E-state index contributed by atoms with van der Waals surface area (Å²) >= 11 is 11.1. The molecule has 0 radical (unpaired) electrons. The highest BCUT2D eigenvalue weighted by Gasteiger charge is 2.28. The SMILES string of the molecule is O=[N+]([O-])c1cc(Cl)c(Cl)cc1NCC(F)(F)F. The third kappa shape index (κ3) is 3.94. The zero-order valence-corrected chi connectivity index (χ0v) is 9.53. The fourth-order valence-corrected chi connectivity index (χ4v) is 1.35. The Morgan fingerprint density at radius 2 is 1.82 bits per heavy atom. The summed E-state index contributed by atoms with van der Waals surface area (Å²) in [4.78, 5) is 9.75. The van der Waals surface area contributed by atoms with E-state index in [9.17, 15) is 23.3 Å². The van der Waals surface area contributed by atoms with Crippen molar-refractivity contribution in [3.8, 4) is 0 Å². The summed E-state index contributed by atoms with van der Waals surface area (Å²) in [5.41, 5.74) is -0.898. The van der Waals surface area contributed by atoms with E-state index in [0.717, 1.165) is 12.1 Å². The van der Waals surface area contributed by atoms with Crippen molar-refractivity contribution in [1.82, 2.24) is 0 Å². The number of anilines is 1. The Morgan fingerprint density at radius 3 is 2.29 bits per heavy atom. The van der Waals surface area contributed by atoms with Gasteiger partial charge in [0.1, 0.15) is 12.2 Å². The first kappa shape index (κ1) is 13.9. The van der Waals surface area contributed by atoms with Crippen molar-refractivity contribution in [3.63, 3.8) is 0 Å². The van der Waals surface area contributed by atoms with Gasteiger partial charge in [0.15, 0.2) is 0 Å². The molecule has 0 aliphatic heterocycles. The number of hydrogen-bond donors (Lipinski definition) is 1. The molecule has 0 saturated carbocycles. The molecule has 1 aromatic carbocycles. The van der Waals surface area contributed by atoms with Gasteiger partial charge in [-0.25, -0.2) is 0 Å². The molecule has 0 amide bonds. The lowest BCUT2D eigenvalue weighted by Gasteiger charge is -2.10. The van der Waals surface area contributed by atoms with Gasteiger partial charge in [-0.05, 0) is 6.07 Å². The Bertz CT molecular complexity index is 451. The van der Waals surface area contributed by atoms with Crippen LogP contribution in [0.15, 0.2) is 12.1 Å². The number of nitrogens with zero attached hydrogens (tertiary/aromatic N) is 1. The molecule has 0 saturated heterocycles. The second-order valence-corrected chi connectivity index (χ2v) is 3.82. The zero-order chi connectivity index (χ0) is 13.2. The first-order valence-electron chi connectivity index (χ1n) is 4.15. The van der Waals surface area contributed by atoms with E-state index >= 15 is 0 Å². The van der Waals surface area contributed by atoms with Crippen molar-refractivity contribution in [3.05, 3.63) is 32.3 Å². The second kappa shape index (κ2) is 4.97. The molecule has 0 aromatic heterocycles. The van der Waals surface area contributed by atoms with Crippen LogP contribution >= 0.6 is 23.2 Å². The zero-order valence-electron chi connectivity index (χ0n) is 8.02. The average molecular weight is 289 g/mol. The largest absolute Gasteiger partial charge is 0.405 e. The van der Waals surface area contributed by atoms with Crippen molar-refractivity contribution in [1.29, 1.82) is 0 Å². The Labute approximate surface area is 103 Å². The van der Waals surface area contributed by atoms with E-state index in [0.29, 0.717) is 0 Å². The molecule has 1 rings (SSSR count). The molecule has 0 fully saturated rings. The molecule has 0 aliphatic rings. The lowest BCUT2D eigenvalue weighted by atomic mass is 10.2. The fourth-order valence-electron chi connectivity index (χ4n) is 1.02. The maximum Gasteiger partial charge on any atom is 0.405 e. The topological polar surface area (TPSA) is 55.2 Å². The minimum atomic E-state index is -4.49. The monoisotopic (exact) mass is 288 g/mol. The van der Waals surface area contributed by atoms with Crippen molar-refractivity contribution < 1.29 is 18.1 Å². The molecule has 0 unspecified atom stereocenters. The molecule has 0 aliphatic carbocycles. The normalized spacial score (nSPS) is 11.4. The van der Waals surface area contributed by atoms with E-state index in [1.54, 1.807) is 0 Å². The quantitative estimate of drug-likeness (QED) is 0.678. The van der Waals surface area contributed by atoms with Crippen LogP contribution in [-0.2, 0) is 0 Å². The van der Waals surface area contributed by atoms with Crippen molar-refractivity contribution in [2.45, 2.75) is 6.18 Å². The number of nitro groups is 1. The van der Waals surface area contributed by atoms with Crippen LogP contribution in [0.5, 0.6) is 0 Å². The maximum atomic E-state index is 12.0. The van der Waals surface area contributed by atoms with Gasteiger partial charge in [-0.2, -0.15) is 13.2 Å². The average Bonchev–Trinajstić information content (AvgIpc) is 2.17. The first-order chi connectivity index (χ1) is 7.70. The van der Waals surface area contributed by atoms with Gasteiger partial charge in [0, 0.05) is 6.07 Å². The molecule has 0 heterocycles. The Morgan fingerprint density at radius 1 is 1.29 bits per heavy atom. The number of nitrogens with one attached hydrogen (secondary N) is 1. The molecule has 9 heteroatoms. The highest BCUT2D eigenvalue weighted by molar-refractivity contribution is 6.42. The number of benzene rings is 1. The Kier molecular flexibility index (Phi) is 4.05. The van der Waals surface area contributed by atoms with Gasteiger partial charge in [-0.3, -0.25) is 10.1 Å². The minimum Gasteiger partial charge on any atom is -0.371 e. The van der Waals surface area contributed by atoms with Crippen LogP contribution in [-0.4, -0.2) is 17.6 Å². The predicted octanol–water partition coefficient (Wildman–Crippen LogP) is 3.88. The molecule has 0 spiro atoms. The van der Waals surface area contributed by atoms with Crippen LogP contribution in [0.2, 0.25) is 10.0 Å². The third-order valence-electron chi connectivity index (χ3n) is 1.71. The van der Waals surface area contributed by atoms with Gasteiger partial charge < -0.3 is 5.32 Å². The number of alkyl halides is 3. The fraction of sp³-hybridized carbons (Fsp3) is 0.250. The molecular weight excluding hydrogens is 284 g/mol. The van der Waals surface area contributed by atoms with E-state index in [2.05, 4.69) is 0 Å². The minimum absolute atomic E-state index is 0.0676. The molecule has 4 nitrogen and oxygen atoms in total. The maximum absolute atomic E-state index is 12.0. The molecule has 17 heavy (non-hydrogen) atoms. The van der Waals surface area contributed by atoms with Gasteiger partial charge in [-0.15, -0.1) is 0 Å². The van der Waals surface area contributed by atoms with E-state index in [4.69, 9.17) is 23.2 Å². The van der Waals surface area contributed by atoms with Crippen LogP contribution in [0, 0.1) is 10.1 Å². The Balaban J connectivity index is 3.05. The van der Waals surface area contributed by atoms with Gasteiger partial charge >= 0.3 is 6.18 Å². The lowest BCUT2D eigenvalue weighted by molar-refractivity contribution is -0.384. The summed E-state index contributed by atoms with van der Waals surface area (Å²) in [6.07, 6.45) is -4.49. The summed E-state index contributed by atoms with van der Waals surface area (Å²) in [5, 5.41) is 12.3. The molecule has 0 atom stereocenters. The van der Waals surface area contributed by atoms with Crippen molar-refractivity contribution in [2.24, 2.45) is 0 Å². The summed E-state index contributed by atoms with van der Waals surface area (Å²) < 4.78 is 35.9. The van der Waals surface area contributed by atoms with Crippen molar-refractivity contribution in [2.75, 3.05) is 11.9 Å². The number of hydrogen-bond acceptors (Lipinski definition) is 3. The molecule has 1 N–H and O–H groups in total. The molecule has 0 bridgehead atoms. The highest BCUT2D eigenvalue weighted by atomic mass is 35.5. The highest BCUT2D eigenvalue weighted by Crippen LogP contribution is 2.34. The van der Waals surface area contributed by atoms with Gasteiger partial charge in [0.25, 0.3) is 5.69 Å². The van der Waals surface area contributed by atoms with Crippen molar-refractivity contribution >= 4 is 34.6 Å². The summed E-state index contributed by atoms with van der Waals surface area (Å²) in [5.74, 6) is 0. The standard InChI is InChI=1S/C8H5Cl2F3N2O2/c9-4-1-6(14-3-8(11,12)13)7(15(16)17)2-5(4)10/h1-2,14H,3H2. The van der Waals surface area contributed by atoms with Crippen LogP contribution in [0.3, 0.4) is 0 Å². The van der Waals surface area contributed by atoms with Crippen LogP contribution < -0.4 is 5.32 Å². The van der Waals surface area contributed by atoms with Gasteiger partial charge in [0.05, 0.1) is 15.0 Å². The smallest absolute Gasteiger partial charge is 0.371 e. The summed E-state index contributed by atoms with van der Waals surface area (Å²) in [6, 6.07) is 1.87. The van der Waals surface area contributed by atoms with E-state index in [1.165, 1.54) is 0 Å². The van der Waals surface area contributed by atoms with E-state index in [1.807, 2.05) is 5.32 Å². The Hall–Kier alpha value is -1.21. The molecule has 94 valence electrons. The molecular formula is C8H5Cl2F3N2O2. The first-order valence-corrected chi connectivity index (χ1v) is 4.90. The lowest BCUT2D eigenvalue weighted by Crippen LogP contribution is -2.21. The molecule has 1 aromatic rings. The summed E-state index contributed by atoms with van der Waals surface area (Å²) in [6.45, 7) is -1.40. The van der Waals surface area contributed by atoms with Crippen LogP contribution in [0.4, 0.5) is 24.5 Å². The number of nitro benzene ring substituents is 1. The van der Waals surface area contributed by atoms with E-state index in [-0.39, 0.29) is 15.7 Å². The predicted molar refractivity (Wildman–Crippen MR) is 57.7 cm³/mol. The van der Waals surface area contributed by atoms with Crippen LogP contribution in [0.1, 0.15) is 0 Å². The number of rotatable bonds is 3. The van der Waals surface area contributed by atoms with Gasteiger partial charge in [-0.1, -0.05) is 23.2 Å². The van der Waals surface area contributed by atoms with E-state index < -0.39 is 23.3 Å². The third-order valence-corrected chi connectivity index (χ3v) is 2.44. The number of halogens is 5. The van der Waals surface area contributed by atoms with Gasteiger partial charge in [0.2, 0.25) is 0 Å². The summed E-state index contributed by atoms with van der Waals surface area (Å²) in [7, 11) is 0. The second-order valence-electron chi connectivity index (χ2n) is 3.01.